The Labute approximate surface area is 99.6 Å². The van der Waals surface area contributed by atoms with E-state index < -0.39 is 9.84 Å². The number of halogens is 1. The van der Waals surface area contributed by atoms with E-state index in [1.165, 1.54) is 6.26 Å². The maximum absolute atomic E-state index is 11.1. The number of hydrogen-bond donors (Lipinski definition) is 0. The Bertz CT molecular complexity index is 616. The summed E-state index contributed by atoms with van der Waals surface area (Å²) in [6.45, 7) is 0.476. The van der Waals surface area contributed by atoms with E-state index in [9.17, 15) is 8.42 Å². The lowest BCUT2D eigenvalue weighted by molar-refractivity contribution is 0.596. The van der Waals surface area contributed by atoms with Crippen LogP contribution in [0.1, 0.15) is 0 Å². The Morgan fingerprint density at radius 2 is 2.06 bits per heavy atom. The third kappa shape index (κ3) is 2.57. The standard InChI is InChI=1S/C11H12ClNO2S/c1-16(14,15)7-6-13-5-4-9-8-10(12)2-3-11(9)13/h2-5,8H,6-7H2,1H3. The van der Waals surface area contributed by atoms with E-state index in [1.807, 2.05) is 29.0 Å². The predicted octanol–water partition coefficient (Wildman–Crippen LogP) is 2.34. The van der Waals surface area contributed by atoms with Gasteiger partial charge in [0.1, 0.15) is 9.84 Å². The molecule has 0 saturated carbocycles. The van der Waals surface area contributed by atoms with Gasteiger partial charge in [-0.05, 0) is 24.3 Å². The van der Waals surface area contributed by atoms with E-state index in [2.05, 4.69) is 0 Å². The Kier molecular flexibility index (Phi) is 2.95. The molecular weight excluding hydrogens is 246 g/mol. The van der Waals surface area contributed by atoms with Crippen LogP contribution in [-0.2, 0) is 16.4 Å². The van der Waals surface area contributed by atoms with Crippen molar-refractivity contribution >= 4 is 32.3 Å². The van der Waals surface area contributed by atoms with Crippen LogP contribution in [0.25, 0.3) is 10.9 Å². The molecule has 0 saturated heterocycles. The second-order valence-electron chi connectivity index (χ2n) is 3.84. The Hall–Kier alpha value is -1.00. The molecule has 0 aliphatic carbocycles. The molecule has 0 atom stereocenters. The second kappa shape index (κ2) is 4.11. The van der Waals surface area contributed by atoms with Gasteiger partial charge in [0.15, 0.2) is 0 Å². The molecule has 2 aromatic rings. The van der Waals surface area contributed by atoms with E-state index in [0.29, 0.717) is 11.6 Å². The number of fused-ring (bicyclic) bond motifs is 1. The van der Waals surface area contributed by atoms with Crippen LogP contribution in [0.15, 0.2) is 30.5 Å². The number of benzene rings is 1. The summed E-state index contributed by atoms with van der Waals surface area (Å²) in [5.41, 5.74) is 1.01. The fourth-order valence-electron chi connectivity index (χ4n) is 1.63. The van der Waals surface area contributed by atoms with Crippen molar-refractivity contribution in [1.29, 1.82) is 0 Å². The molecule has 0 bridgehead atoms. The molecule has 5 heteroatoms. The van der Waals surface area contributed by atoms with E-state index in [1.54, 1.807) is 6.07 Å². The summed E-state index contributed by atoms with van der Waals surface area (Å²) >= 11 is 5.87. The van der Waals surface area contributed by atoms with Crippen LogP contribution in [0.3, 0.4) is 0 Å². The predicted molar refractivity (Wildman–Crippen MR) is 66.7 cm³/mol. The first-order chi connectivity index (χ1) is 7.46. The van der Waals surface area contributed by atoms with Crippen molar-refractivity contribution in [2.24, 2.45) is 0 Å². The van der Waals surface area contributed by atoms with Crippen molar-refractivity contribution in [1.82, 2.24) is 4.57 Å². The zero-order chi connectivity index (χ0) is 11.8. The largest absolute Gasteiger partial charge is 0.346 e. The van der Waals surface area contributed by atoms with Crippen LogP contribution >= 0.6 is 11.6 Å². The average molecular weight is 258 g/mol. The van der Waals surface area contributed by atoms with Crippen LogP contribution in [0.5, 0.6) is 0 Å². The zero-order valence-electron chi connectivity index (χ0n) is 8.85. The third-order valence-electron chi connectivity index (χ3n) is 2.44. The van der Waals surface area contributed by atoms with Gasteiger partial charge in [0, 0.05) is 34.9 Å². The molecule has 86 valence electrons. The Balaban J connectivity index is 2.32. The van der Waals surface area contributed by atoms with Gasteiger partial charge in [-0.1, -0.05) is 11.6 Å². The number of rotatable bonds is 3. The molecule has 0 aliphatic rings. The maximum Gasteiger partial charge on any atom is 0.149 e. The number of nitrogens with zero attached hydrogens (tertiary/aromatic N) is 1. The molecule has 3 nitrogen and oxygen atoms in total. The molecular formula is C11H12ClNO2S. The number of aromatic nitrogens is 1. The fourth-order valence-corrected chi connectivity index (χ4v) is 2.34. The minimum atomic E-state index is -2.92. The fraction of sp³-hybridized carbons (Fsp3) is 0.273. The average Bonchev–Trinajstić information content (AvgIpc) is 2.56. The molecule has 1 aromatic carbocycles. The molecule has 0 aliphatic heterocycles. The molecule has 16 heavy (non-hydrogen) atoms. The van der Waals surface area contributed by atoms with Gasteiger partial charge in [-0.3, -0.25) is 0 Å². The summed E-state index contributed by atoms with van der Waals surface area (Å²) in [5, 5.41) is 1.72. The minimum Gasteiger partial charge on any atom is -0.346 e. The van der Waals surface area contributed by atoms with Gasteiger partial charge >= 0.3 is 0 Å². The van der Waals surface area contributed by atoms with Crippen LogP contribution < -0.4 is 0 Å². The smallest absolute Gasteiger partial charge is 0.149 e. The van der Waals surface area contributed by atoms with Gasteiger partial charge in [0.05, 0.1) is 5.75 Å². The molecule has 0 spiro atoms. The minimum absolute atomic E-state index is 0.152. The highest BCUT2D eigenvalue weighted by atomic mass is 35.5. The molecule has 0 radical (unpaired) electrons. The monoisotopic (exact) mass is 257 g/mol. The zero-order valence-corrected chi connectivity index (χ0v) is 10.4. The van der Waals surface area contributed by atoms with Crippen molar-refractivity contribution in [2.45, 2.75) is 6.54 Å². The van der Waals surface area contributed by atoms with E-state index in [4.69, 9.17) is 11.6 Å². The molecule has 0 fully saturated rings. The topological polar surface area (TPSA) is 39.1 Å². The van der Waals surface area contributed by atoms with Gasteiger partial charge in [0.25, 0.3) is 0 Å². The van der Waals surface area contributed by atoms with Crippen molar-refractivity contribution in [2.75, 3.05) is 12.0 Å². The van der Waals surface area contributed by atoms with Crippen molar-refractivity contribution in [3.63, 3.8) is 0 Å². The Morgan fingerprint density at radius 1 is 1.31 bits per heavy atom. The molecule has 0 amide bonds. The van der Waals surface area contributed by atoms with Crippen LogP contribution in [-0.4, -0.2) is 25.0 Å². The normalized spacial score (nSPS) is 12.1. The summed E-state index contributed by atoms with van der Waals surface area (Å²) in [6, 6.07) is 7.51. The third-order valence-corrected chi connectivity index (χ3v) is 3.60. The summed E-state index contributed by atoms with van der Waals surface area (Å²) < 4.78 is 24.1. The summed E-state index contributed by atoms with van der Waals surface area (Å²) in [5.74, 6) is 0.152. The first-order valence-electron chi connectivity index (χ1n) is 4.88. The van der Waals surface area contributed by atoms with Crippen LogP contribution in [0, 0.1) is 0 Å². The number of sulfone groups is 1. The lowest BCUT2D eigenvalue weighted by Gasteiger charge is -2.04. The van der Waals surface area contributed by atoms with Gasteiger partial charge in [-0.2, -0.15) is 0 Å². The van der Waals surface area contributed by atoms with E-state index in [-0.39, 0.29) is 5.75 Å². The highest BCUT2D eigenvalue weighted by Gasteiger charge is 2.05. The lowest BCUT2D eigenvalue weighted by atomic mass is 10.2. The van der Waals surface area contributed by atoms with Crippen LogP contribution in [0.4, 0.5) is 0 Å². The number of hydrogen-bond acceptors (Lipinski definition) is 2. The first kappa shape index (κ1) is 11.5. The highest BCUT2D eigenvalue weighted by molar-refractivity contribution is 7.90. The number of aryl methyl sites for hydroxylation is 1. The van der Waals surface area contributed by atoms with Crippen molar-refractivity contribution in [3.05, 3.63) is 35.5 Å². The summed E-state index contributed by atoms with van der Waals surface area (Å²) in [7, 11) is -2.92. The quantitative estimate of drug-likeness (QED) is 0.847. The lowest BCUT2D eigenvalue weighted by Crippen LogP contribution is -2.10. The highest BCUT2D eigenvalue weighted by Crippen LogP contribution is 2.20. The maximum atomic E-state index is 11.1. The second-order valence-corrected chi connectivity index (χ2v) is 6.54. The van der Waals surface area contributed by atoms with E-state index >= 15 is 0 Å². The molecule has 2 rings (SSSR count). The Morgan fingerprint density at radius 3 is 2.75 bits per heavy atom. The summed E-state index contributed by atoms with van der Waals surface area (Å²) in [4.78, 5) is 0. The summed E-state index contributed by atoms with van der Waals surface area (Å²) in [6.07, 6.45) is 3.13. The van der Waals surface area contributed by atoms with Gasteiger partial charge in [-0.25, -0.2) is 8.42 Å². The molecule has 1 aromatic heterocycles. The van der Waals surface area contributed by atoms with Gasteiger partial charge in [0.2, 0.25) is 0 Å². The van der Waals surface area contributed by atoms with Crippen molar-refractivity contribution < 1.29 is 8.42 Å². The van der Waals surface area contributed by atoms with Gasteiger partial charge < -0.3 is 4.57 Å². The molecule has 0 N–H and O–H groups in total. The van der Waals surface area contributed by atoms with E-state index in [0.717, 1.165) is 10.9 Å². The molecule has 0 unspecified atom stereocenters. The molecule has 1 heterocycles. The SMILES string of the molecule is CS(=O)(=O)CCn1ccc2cc(Cl)ccc21. The first-order valence-corrected chi connectivity index (χ1v) is 7.32. The van der Waals surface area contributed by atoms with Crippen LogP contribution in [0.2, 0.25) is 5.02 Å². The van der Waals surface area contributed by atoms with Gasteiger partial charge in [-0.15, -0.1) is 0 Å². The van der Waals surface area contributed by atoms with Crippen molar-refractivity contribution in [3.8, 4) is 0 Å².